The van der Waals surface area contributed by atoms with Gasteiger partial charge >= 0.3 is 6.18 Å². The van der Waals surface area contributed by atoms with Crippen molar-refractivity contribution in [2.75, 3.05) is 18.0 Å². The summed E-state index contributed by atoms with van der Waals surface area (Å²) in [5, 5.41) is 4.75. The van der Waals surface area contributed by atoms with Gasteiger partial charge in [0.05, 0.1) is 12.4 Å². The first-order valence-electron chi connectivity index (χ1n) is 7.27. The van der Waals surface area contributed by atoms with Gasteiger partial charge in [-0.2, -0.15) is 18.3 Å². The molecule has 0 N–H and O–H groups in total. The van der Waals surface area contributed by atoms with E-state index in [1.165, 1.54) is 5.56 Å². The Morgan fingerprint density at radius 2 is 2.00 bits per heavy atom. The second-order valence-corrected chi connectivity index (χ2v) is 6.40. The van der Waals surface area contributed by atoms with Crippen molar-refractivity contribution in [2.24, 2.45) is 0 Å². The predicted octanol–water partition coefficient (Wildman–Crippen LogP) is 3.76. The van der Waals surface area contributed by atoms with Crippen LogP contribution in [-0.2, 0) is 12.7 Å². The number of alkyl halides is 3. The van der Waals surface area contributed by atoms with E-state index in [-0.39, 0.29) is 0 Å². The van der Waals surface area contributed by atoms with Crippen LogP contribution in [-0.4, -0.2) is 27.9 Å². The van der Waals surface area contributed by atoms with Crippen molar-refractivity contribution >= 4 is 16.5 Å². The Morgan fingerprint density at radius 1 is 1.27 bits per heavy atom. The van der Waals surface area contributed by atoms with Crippen LogP contribution in [0.25, 0.3) is 0 Å². The minimum absolute atomic E-state index is 0.429. The van der Waals surface area contributed by atoms with Crippen molar-refractivity contribution in [1.29, 1.82) is 0 Å². The number of aryl methyl sites for hydroxylation is 1. The van der Waals surface area contributed by atoms with Crippen LogP contribution in [0.2, 0.25) is 0 Å². The summed E-state index contributed by atoms with van der Waals surface area (Å²) in [6, 6.07) is 0. The summed E-state index contributed by atoms with van der Waals surface area (Å²) in [4.78, 5) is 5.24. The van der Waals surface area contributed by atoms with Gasteiger partial charge in [-0.15, -0.1) is 0 Å². The van der Waals surface area contributed by atoms with Gasteiger partial charge in [-0.05, 0) is 31.2 Å². The van der Waals surface area contributed by atoms with Crippen LogP contribution >= 0.6 is 11.3 Å². The second-order valence-electron chi connectivity index (χ2n) is 5.40. The molecule has 0 radical (unpaired) electrons. The molecule has 8 heteroatoms. The van der Waals surface area contributed by atoms with Gasteiger partial charge < -0.3 is 4.90 Å². The highest BCUT2D eigenvalue weighted by atomic mass is 32.1. The Hall–Kier alpha value is -1.57. The molecule has 4 nitrogen and oxygen atoms in total. The fraction of sp³-hybridized carbons (Fsp3) is 0.571. The van der Waals surface area contributed by atoms with Gasteiger partial charge in [-0.3, -0.25) is 4.68 Å². The van der Waals surface area contributed by atoms with Crippen molar-refractivity contribution in [1.82, 2.24) is 14.8 Å². The predicted molar refractivity (Wildman–Crippen MR) is 79.2 cm³/mol. The number of piperidine rings is 1. The molecule has 0 unspecified atom stereocenters. The Labute approximate surface area is 130 Å². The largest absolute Gasteiger partial charge is 0.427 e. The highest BCUT2D eigenvalue weighted by Crippen LogP contribution is 2.38. The fourth-order valence-corrected chi connectivity index (χ4v) is 3.54. The van der Waals surface area contributed by atoms with Crippen LogP contribution < -0.4 is 4.90 Å². The molecule has 0 spiro atoms. The summed E-state index contributed by atoms with van der Waals surface area (Å²) < 4.78 is 39.8. The topological polar surface area (TPSA) is 34.0 Å². The second kappa shape index (κ2) is 5.91. The van der Waals surface area contributed by atoms with Crippen molar-refractivity contribution < 1.29 is 13.2 Å². The summed E-state index contributed by atoms with van der Waals surface area (Å²) in [7, 11) is 0. The van der Waals surface area contributed by atoms with Crippen LogP contribution in [0.3, 0.4) is 0 Å². The van der Waals surface area contributed by atoms with E-state index in [1.54, 1.807) is 0 Å². The van der Waals surface area contributed by atoms with Crippen LogP contribution in [0.15, 0.2) is 18.6 Å². The molecular formula is C14H17F3N4S. The lowest BCUT2D eigenvalue weighted by Crippen LogP contribution is -2.32. The number of halogens is 3. The molecule has 2 aromatic rings. The fourth-order valence-electron chi connectivity index (χ4n) is 2.71. The summed E-state index contributed by atoms with van der Waals surface area (Å²) in [5.41, 5.74) is 1.22. The average molecular weight is 330 g/mol. The van der Waals surface area contributed by atoms with E-state index in [1.807, 2.05) is 22.7 Å². The van der Waals surface area contributed by atoms with Crippen molar-refractivity contribution in [3.63, 3.8) is 0 Å². The zero-order chi connectivity index (χ0) is 15.7. The molecule has 0 atom stereocenters. The van der Waals surface area contributed by atoms with Crippen LogP contribution in [0.4, 0.5) is 18.3 Å². The van der Waals surface area contributed by atoms with Gasteiger partial charge in [0.15, 0.2) is 5.13 Å². The maximum Gasteiger partial charge on any atom is 0.427 e. The molecule has 0 amide bonds. The standard InChI is InChI=1S/C14H17F3N4S/c1-2-21-9-11(7-19-21)10-3-5-20(6-4-10)13-18-8-12(22-13)14(15,16)17/h7-10H,2-6H2,1H3. The molecule has 0 bridgehead atoms. The van der Waals surface area contributed by atoms with E-state index in [0.29, 0.717) is 11.0 Å². The van der Waals surface area contributed by atoms with Crippen molar-refractivity contribution in [3.05, 3.63) is 29.0 Å². The third-order valence-electron chi connectivity index (χ3n) is 3.99. The monoisotopic (exact) mass is 330 g/mol. The Kier molecular flexibility index (Phi) is 4.12. The maximum absolute atomic E-state index is 12.6. The third kappa shape index (κ3) is 3.11. The third-order valence-corrected chi connectivity index (χ3v) is 5.09. The van der Waals surface area contributed by atoms with E-state index in [0.717, 1.165) is 50.0 Å². The first kappa shape index (κ1) is 15.3. The lowest BCUT2D eigenvalue weighted by molar-refractivity contribution is -0.134. The van der Waals surface area contributed by atoms with E-state index in [9.17, 15) is 13.2 Å². The molecule has 1 saturated heterocycles. The molecule has 22 heavy (non-hydrogen) atoms. The zero-order valence-electron chi connectivity index (χ0n) is 12.2. The lowest BCUT2D eigenvalue weighted by Gasteiger charge is -2.31. The molecule has 0 aliphatic carbocycles. The first-order valence-corrected chi connectivity index (χ1v) is 8.09. The summed E-state index contributed by atoms with van der Waals surface area (Å²) in [5.74, 6) is 0.429. The van der Waals surface area contributed by atoms with E-state index >= 15 is 0 Å². The maximum atomic E-state index is 12.6. The molecule has 0 aromatic carbocycles. The number of hydrogen-bond donors (Lipinski definition) is 0. The number of nitrogens with zero attached hydrogens (tertiary/aromatic N) is 4. The Bertz CT molecular complexity index is 626. The van der Waals surface area contributed by atoms with Gasteiger partial charge in [-0.1, -0.05) is 11.3 Å². The molecule has 2 aromatic heterocycles. The Morgan fingerprint density at radius 3 is 2.55 bits per heavy atom. The van der Waals surface area contributed by atoms with E-state index in [4.69, 9.17) is 0 Å². The number of aromatic nitrogens is 3. The van der Waals surface area contributed by atoms with Gasteiger partial charge in [0.2, 0.25) is 0 Å². The number of rotatable bonds is 3. The van der Waals surface area contributed by atoms with E-state index in [2.05, 4.69) is 16.3 Å². The quantitative estimate of drug-likeness (QED) is 0.859. The number of thiazole rings is 1. The highest BCUT2D eigenvalue weighted by Gasteiger charge is 2.34. The van der Waals surface area contributed by atoms with Crippen molar-refractivity contribution in [2.45, 2.75) is 38.4 Å². The minimum Gasteiger partial charge on any atom is -0.348 e. The molecular weight excluding hydrogens is 313 g/mol. The van der Waals surface area contributed by atoms with Gasteiger partial charge in [0.1, 0.15) is 4.88 Å². The van der Waals surface area contributed by atoms with Crippen LogP contribution in [0.5, 0.6) is 0 Å². The molecule has 0 saturated carbocycles. The van der Waals surface area contributed by atoms with Crippen molar-refractivity contribution in [3.8, 4) is 0 Å². The normalized spacial score (nSPS) is 17.2. The van der Waals surface area contributed by atoms with E-state index < -0.39 is 11.1 Å². The molecule has 1 aliphatic heterocycles. The smallest absolute Gasteiger partial charge is 0.348 e. The Balaban J connectivity index is 1.63. The summed E-state index contributed by atoms with van der Waals surface area (Å²) >= 11 is 0.724. The van der Waals surface area contributed by atoms with Gasteiger partial charge in [-0.25, -0.2) is 4.98 Å². The molecule has 1 fully saturated rings. The average Bonchev–Trinajstić information content (AvgIpc) is 3.16. The molecule has 120 valence electrons. The summed E-state index contributed by atoms with van der Waals surface area (Å²) in [6.07, 6.45) is 2.41. The zero-order valence-corrected chi connectivity index (χ0v) is 13.0. The molecule has 3 heterocycles. The lowest BCUT2D eigenvalue weighted by atomic mass is 9.92. The molecule has 1 aliphatic rings. The van der Waals surface area contributed by atoms with Crippen LogP contribution in [0.1, 0.15) is 36.1 Å². The minimum atomic E-state index is -4.30. The van der Waals surface area contributed by atoms with Gasteiger partial charge in [0.25, 0.3) is 0 Å². The summed E-state index contributed by atoms with van der Waals surface area (Å²) in [6.45, 7) is 4.35. The number of anilines is 1. The van der Waals surface area contributed by atoms with Crippen LogP contribution in [0, 0.1) is 0 Å². The van der Waals surface area contributed by atoms with Gasteiger partial charge in [0, 0.05) is 25.8 Å². The first-order chi connectivity index (χ1) is 10.5. The molecule has 3 rings (SSSR count). The highest BCUT2D eigenvalue weighted by molar-refractivity contribution is 7.15. The SMILES string of the molecule is CCn1cc(C2CCN(c3ncc(C(F)(F)F)s3)CC2)cn1. The number of hydrogen-bond acceptors (Lipinski definition) is 4.